The van der Waals surface area contributed by atoms with E-state index < -0.39 is 23.3 Å². The summed E-state index contributed by atoms with van der Waals surface area (Å²) >= 11 is 6.50. The first-order chi connectivity index (χ1) is 19.5. The molecular weight excluding hydrogens is 554 g/mol. The molecule has 216 valence electrons. The van der Waals surface area contributed by atoms with Crippen LogP contribution < -0.4 is 15.8 Å². The lowest BCUT2D eigenvalue weighted by Crippen LogP contribution is -2.42. The van der Waals surface area contributed by atoms with Gasteiger partial charge in [-0.25, -0.2) is 18.6 Å². The number of alkyl carbamates (subject to hydrolysis) is 1. The summed E-state index contributed by atoms with van der Waals surface area (Å²) in [7, 11) is 0. The van der Waals surface area contributed by atoms with Crippen LogP contribution in [0.2, 0.25) is 5.02 Å². The number of hydrogen-bond donors (Lipinski definition) is 1. The Hall–Kier alpha value is -3.99. The van der Waals surface area contributed by atoms with Crippen LogP contribution in [0.5, 0.6) is 0 Å². The largest absolute Gasteiger partial charge is 0.444 e. The highest BCUT2D eigenvalue weighted by atomic mass is 35.5. The van der Waals surface area contributed by atoms with E-state index in [2.05, 4.69) is 20.3 Å². The zero-order valence-corrected chi connectivity index (χ0v) is 23.8. The smallest absolute Gasteiger partial charge is 0.407 e. The number of hydrogen-bond acceptors (Lipinski definition) is 6. The Labute approximate surface area is 240 Å². The Bertz CT molecular complexity index is 1630. The van der Waals surface area contributed by atoms with Gasteiger partial charge in [-0.3, -0.25) is 14.0 Å². The van der Waals surface area contributed by atoms with Crippen LogP contribution in [0.25, 0.3) is 16.6 Å². The second kappa shape index (κ2) is 11.5. The molecule has 5 rings (SSSR count). The van der Waals surface area contributed by atoms with Gasteiger partial charge in [0.2, 0.25) is 0 Å². The highest BCUT2D eigenvalue weighted by Crippen LogP contribution is 2.27. The standard InChI is InChI=1S/C29H31ClF2N6O3/c1-29(2,3)41-28(40)34-13-18-6-5-10-36(16-18)26-12-25(21(30)15-33-26)37-11-9-24-19(27(37)39)14-35-38(24)17-20-22(31)7-4-8-23(20)32/h4,7-9,11-12,14-15,18H,5-6,10,13,16-17H2,1-3H3,(H,34,40)/t18-/m1/s1. The predicted octanol–water partition coefficient (Wildman–Crippen LogP) is 5.30. The molecule has 0 aliphatic carbocycles. The zero-order valence-electron chi connectivity index (χ0n) is 23.0. The van der Waals surface area contributed by atoms with Crippen LogP contribution in [0.15, 0.2) is 53.7 Å². The minimum absolute atomic E-state index is 0.135. The molecule has 1 fully saturated rings. The third-order valence-electron chi connectivity index (χ3n) is 6.94. The third-order valence-corrected chi connectivity index (χ3v) is 7.23. The van der Waals surface area contributed by atoms with Crippen LogP contribution in [0.4, 0.5) is 19.4 Å². The molecule has 4 aromatic rings. The lowest BCUT2D eigenvalue weighted by atomic mass is 9.98. The number of fused-ring (bicyclic) bond motifs is 1. The number of nitrogens with zero attached hydrogens (tertiary/aromatic N) is 5. The summed E-state index contributed by atoms with van der Waals surface area (Å²) in [6.45, 7) is 7.21. The van der Waals surface area contributed by atoms with Crippen molar-refractivity contribution in [2.45, 2.75) is 45.8 Å². The third kappa shape index (κ3) is 6.35. The molecule has 12 heteroatoms. The Morgan fingerprint density at radius 3 is 2.68 bits per heavy atom. The van der Waals surface area contributed by atoms with Gasteiger partial charge in [0.25, 0.3) is 5.56 Å². The molecule has 1 aromatic carbocycles. The Balaban J connectivity index is 1.36. The summed E-state index contributed by atoms with van der Waals surface area (Å²) in [5.74, 6) is -0.511. The van der Waals surface area contributed by atoms with Crippen LogP contribution in [0.1, 0.15) is 39.2 Å². The minimum atomic E-state index is -0.682. The minimum Gasteiger partial charge on any atom is -0.444 e. The monoisotopic (exact) mass is 584 g/mol. The Morgan fingerprint density at radius 2 is 1.95 bits per heavy atom. The number of pyridine rings is 2. The number of rotatable bonds is 6. The van der Waals surface area contributed by atoms with Gasteiger partial charge < -0.3 is 15.0 Å². The fourth-order valence-electron chi connectivity index (χ4n) is 4.98. The average Bonchev–Trinajstić information content (AvgIpc) is 3.33. The molecule has 1 aliphatic rings. The summed E-state index contributed by atoms with van der Waals surface area (Å²) in [5.41, 5.74) is -0.185. The Morgan fingerprint density at radius 1 is 1.20 bits per heavy atom. The molecule has 3 aromatic heterocycles. The predicted molar refractivity (Wildman–Crippen MR) is 153 cm³/mol. The molecule has 0 spiro atoms. The molecule has 1 saturated heterocycles. The van der Waals surface area contributed by atoms with E-state index in [4.69, 9.17) is 16.3 Å². The number of nitrogens with one attached hydrogen (secondary N) is 1. The summed E-state index contributed by atoms with van der Waals surface area (Å²) in [4.78, 5) is 32.2. The van der Waals surface area contributed by atoms with Crippen LogP contribution >= 0.6 is 11.6 Å². The highest BCUT2D eigenvalue weighted by molar-refractivity contribution is 6.32. The summed E-state index contributed by atoms with van der Waals surface area (Å²) < 4.78 is 36.6. The van der Waals surface area contributed by atoms with E-state index in [1.165, 1.54) is 39.8 Å². The van der Waals surface area contributed by atoms with E-state index in [-0.39, 0.29) is 34.0 Å². The van der Waals surface area contributed by atoms with E-state index >= 15 is 0 Å². The maximum absolute atomic E-state index is 14.2. The van der Waals surface area contributed by atoms with Crippen molar-refractivity contribution < 1.29 is 18.3 Å². The molecule has 4 heterocycles. The van der Waals surface area contributed by atoms with Crippen molar-refractivity contribution in [2.24, 2.45) is 5.92 Å². The molecule has 1 N–H and O–H groups in total. The van der Waals surface area contributed by atoms with Crippen LogP contribution in [-0.2, 0) is 11.3 Å². The van der Waals surface area contributed by atoms with Crippen LogP contribution in [-0.4, -0.2) is 50.7 Å². The number of anilines is 1. The molecule has 0 saturated carbocycles. The number of ether oxygens (including phenoxy) is 1. The first kappa shape index (κ1) is 28.5. The van der Waals surface area contributed by atoms with Gasteiger partial charge in [0.15, 0.2) is 0 Å². The van der Waals surface area contributed by atoms with Crippen molar-refractivity contribution in [1.82, 2.24) is 24.6 Å². The van der Waals surface area contributed by atoms with E-state index in [9.17, 15) is 18.4 Å². The van der Waals surface area contributed by atoms with E-state index in [1.54, 1.807) is 18.3 Å². The molecule has 1 aliphatic heterocycles. The molecule has 1 atom stereocenters. The van der Waals surface area contributed by atoms with E-state index in [0.717, 1.165) is 19.4 Å². The normalized spacial score (nSPS) is 15.8. The summed E-state index contributed by atoms with van der Waals surface area (Å²) in [6, 6.07) is 7.09. The van der Waals surface area contributed by atoms with Gasteiger partial charge in [-0.15, -0.1) is 0 Å². The molecule has 0 bridgehead atoms. The van der Waals surface area contributed by atoms with Crippen LogP contribution in [0, 0.1) is 17.6 Å². The quantitative estimate of drug-likeness (QED) is 0.330. The molecule has 1 amide bonds. The van der Waals surface area contributed by atoms with Gasteiger partial charge in [0.1, 0.15) is 23.1 Å². The van der Waals surface area contributed by atoms with Gasteiger partial charge in [0, 0.05) is 37.5 Å². The van der Waals surface area contributed by atoms with Crippen molar-refractivity contribution in [3.63, 3.8) is 0 Å². The van der Waals surface area contributed by atoms with Gasteiger partial charge in [0.05, 0.1) is 40.6 Å². The second-order valence-electron chi connectivity index (χ2n) is 11.1. The lowest BCUT2D eigenvalue weighted by molar-refractivity contribution is 0.0517. The first-order valence-corrected chi connectivity index (χ1v) is 13.8. The fourth-order valence-corrected chi connectivity index (χ4v) is 5.18. The van der Waals surface area contributed by atoms with Crippen molar-refractivity contribution in [1.29, 1.82) is 0 Å². The van der Waals surface area contributed by atoms with Crippen molar-refractivity contribution in [3.8, 4) is 5.69 Å². The first-order valence-electron chi connectivity index (χ1n) is 13.4. The molecule has 0 radical (unpaired) electrons. The fraction of sp³-hybridized carbons (Fsp3) is 0.379. The maximum Gasteiger partial charge on any atom is 0.407 e. The number of carbonyl (C=O) groups excluding carboxylic acids is 1. The SMILES string of the molecule is CC(C)(C)OC(=O)NC[C@H]1CCCN(c2cc(-n3ccc4c(cnn4Cc4c(F)cccc4F)c3=O)c(Cl)cn2)C1. The van der Waals surface area contributed by atoms with Crippen molar-refractivity contribution in [3.05, 3.63) is 81.5 Å². The van der Waals surface area contributed by atoms with E-state index in [0.29, 0.717) is 30.1 Å². The topological polar surface area (TPSA) is 94.3 Å². The van der Waals surface area contributed by atoms with Crippen molar-refractivity contribution >= 4 is 34.4 Å². The lowest BCUT2D eigenvalue weighted by Gasteiger charge is -2.34. The van der Waals surface area contributed by atoms with E-state index in [1.807, 2.05) is 20.8 Å². The average molecular weight is 585 g/mol. The number of carbonyl (C=O) groups is 1. The molecule has 9 nitrogen and oxygen atoms in total. The number of benzene rings is 1. The zero-order chi connectivity index (χ0) is 29.3. The Kier molecular flexibility index (Phi) is 7.99. The van der Waals surface area contributed by atoms with Gasteiger partial charge in [-0.1, -0.05) is 17.7 Å². The number of piperidine rings is 1. The number of halogens is 3. The number of aromatic nitrogens is 4. The summed E-state index contributed by atoms with van der Waals surface area (Å²) in [6.07, 6.45) is 5.87. The summed E-state index contributed by atoms with van der Waals surface area (Å²) in [5, 5.41) is 7.64. The second-order valence-corrected chi connectivity index (χ2v) is 11.5. The molecule has 41 heavy (non-hydrogen) atoms. The molecule has 0 unspecified atom stereocenters. The van der Waals surface area contributed by atoms with Gasteiger partial charge >= 0.3 is 6.09 Å². The van der Waals surface area contributed by atoms with Crippen LogP contribution in [0.3, 0.4) is 0 Å². The highest BCUT2D eigenvalue weighted by Gasteiger charge is 2.24. The number of amides is 1. The van der Waals surface area contributed by atoms with Crippen molar-refractivity contribution in [2.75, 3.05) is 24.5 Å². The van der Waals surface area contributed by atoms with Gasteiger partial charge in [-0.2, -0.15) is 5.10 Å². The van der Waals surface area contributed by atoms with Gasteiger partial charge in [-0.05, 0) is 57.7 Å². The molecular formula is C29H31ClF2N6O3. The maximum atomic E-state index is 14.2.